The lowest BCUT2D eigenvalue weighted by atomic mass is 9.99. The summed E-state index contributed by atoms with van der Waals surface area (Å²) in [5.74, 6) is -0.970. The molecular formula is C38H36O10. The molecule has 0 aliphatic carbocycles. The van der Waals surface area contributed by atoms with Gasteiger partial charge in [0.05, 0.1) is 24.0 Å². The fraction of sp³-hybridized carbons (Fsp3) is 0.237. The van der Waals surface area contributed by atoms with Gasteiger partial charge in [-0.15, -0.1) is 0 Å². The van der Waals surface area contributed by atoms with E-state index >= 15 is 0 Å². The molecule has 0 spiro atoms. The van der Waals surface area contributed by atoms with Gasteiger partial charge >= 0.3 is 23.9 Å². The highest BCUT2D eigenvalue weighted by molar-refractivity contribution is 6.21. The SMILES string of the molecule is C=COC(=O)CCCCCCOc1ccc(OC(=O)c2ccc(OC(=O)c3ccc4cc(OC(=O)C=O)ccc4c3)c(C(C)C)c2)cc1. The van der Waals surface area contributed by atoms with E-state index in [2.05, 4.69) is 6.58 Å². The predicted molar refractivity (Wildman–Crippen MR) is 177 cm³/mol. The summed E-state index contributed by atoms with van der Waals surface area (Å²) in [7, 11) is 0. The van der Waals surface area contributed by atoms with Crippen molar-refractivity contribution in [2.75, 3.05) is 6.61 Å². The van der Waals surface area contributed by atoms with Gasteiger partial charge in [-0.05, 0) is 102 Å². The Labute approximate surface area is 278 Å². The average Bonchev–Trinajstić information content (AvgIpc) is 3.08. The lowest BCUT2D eigenvalue weighted by molar-refractivity contribution is -0.141. The van der Waals surface area contributed by atoms with E-state index in [0.29, 0.717) is 57.7 Å². The molecule has 0 aliphatic rings. The van der Waals surface area contributed by atoms with E-state index in [-0.39, 0.29) is 23.9 Å². The van der Waals surface area contributed by atoms with Gasteiger partial charge in [-0.2, -0.15) is 0 Å². The Morgan fingerprint density at radius 2 is 1.31 bits per heavy atom. The van der Waals surface area contributed by atoms with Crippen LogP contribution in [0.1, 0.15) is 78.1 Å². The van der Waals surface area contributed by atoms with Crippen LogP contribution in [0.4, 0.5) is 0 Å². The maximum Gasteiger partial charge on any atom is 0.376 e. The van der Waals surface area contributed by atoms with Gasteiger partial charge in [0.2, 0.25) is 6.29 Å². The number of benzene rings is 4. The van der Waals surface area contributed by atoms with Gasteiger partial charge in [-0.3, -0.25) is 9.59 Å². The first kappa shape index (κ1) is 35.1. The highest BCUT2D eigenvalue weighted by Crippen LogP contribution is 2.30. The molecular weight excluding hydrogens is 616 g/mol. The van der Waals surface area contributed by atoms with Crippen molar-refractivity contribution in [1.29, 1.82) is 0 Å². The third-order valence-corrected chi connectivity index (χ3v) is 7.23. The molecule has 10 nitrogen and oxygen atoms in total. The van der Waals surface area contributed by atoms with E-state index in [1.54, 1.807) is 72.8 Å². The second kappa shape index (κ2) is 17.2. The molecule has 0 saturated carbocycles. The molecule has 0 atom stereocenters. The first-order chi connectivity index (χ1) is 23.2. The van der Waals surface area contributed by atoms with Crippen LogP contribution in [-0.2, 0) is 19.1 Å². The van der Waals surface area contributed by atoms with Gasteiger partial charge in [-0.25, -0.2) is 14.4 Å². The van der Waals surface area contributed by atoms with Crippen molar-refractivity contribution in [1.82, 2.24) is 0 Å². The predicted octanol–water partition coefficient (Wildman–Crippen LogP) is 7.52. The summed E-state index contributed by atoms with van der Waals surface area (Å²) in [5, 5.41) is 1.40. The van der Waals surface area contributed by atoms with Crippen LogP contribution in [0.2, 0.25) is 0 Å². The summed E-state index contributed by atoms with van der Waals surface area (Å²) in [6, 6.07) is 21.2. The maximum atomic E-state index is 13.1. The van der Waals surface area contributed by atoms with Crippen LogP contribution in [0.3, 0.4) is 0 Å². The zero-order chi connectivity index (χ0) is 34.5. The zero-order valence-electron chi connectivity index (χ0n) is 26.8. The standard InChI is InChI=1S/C38H36O10/c1-4-44-35(40)9-7-5-6-8-20-45-30-15-17-31(18-16-30)47-37(42)29-13-19-34(33(23-29)25(2)3)48-38(43)28-11-10-27-22-32(46-36(41)24-39)14-12-26(27)21-28/h4,10-19,21-25H,1,5-9,20H2,2-3H3. The molecule has 4 aromatic carbocycles. The Balaban J connectivity index is 1.31. The Hall–Kier alpha value is -5.77. The third-order valence-electron chi connectivity index (χ3n) is 7.23. The Morgan fingerprint density at radius 3 is 2.04 bits per heavy atom. The molecule has 248 valence electrons. The lowest BCUT2D eigenvalue weighted by Crippen LogP contribution is -2.13. The maximum absolute atomic E-state index is 13.1. The minimum absolute atomic E-state index is 0.0742. The highest BCUT2D eigenvalue weighted by Gasteiger charge is 2.18. The molecule has 4 rings (SSSR count). The molecule has 0 fully saturated rings. The van der Waals surface area contributed by atoms with Crippen LogP contribution in [0, 0.1) is 0 Å². The van der Waals surface area contributed by atoms with Crippen molar-refractivity contribution in [3.8, 4) is 23.0 Å². The number of hydrogen-bond donors (Lipinski definition) is 0. The summed E-state index contributed by atoms with van der Waals surface area (Å²) in [5.41, 5.74) is 1.25. The number of rotatable bonds is 16. The normalized spacial score (nSPS) is 10.6. The molecule has 10 heteroatoms. The van der Waals surface area contributed by atoms with Gasteiger partial charge < -0.3 is 23.7 Å². The smallest absolute Gasteiger partial charge is 0.376 e. The second-order valence-electron chi connectivity index (χ2n) is 11.1. The van der Waals surface area contributed by atoms with Gasteiger partial charge in [0.25, 0.3) is 0 Å². The van der Waals surface area contributed by atoms with Crippen LogP contribution in [0.5, 0.6) is 23.0 Å². The molecule has 0 N–H and O–H groups in total. The van der Waals surface area contributed by atoms with Crippen LogP contribution in [0.15, 0.2) is 91.7 Å². The number of ether oxygens (including phenoxy) is 5. The quantitative estimate of drug-likeness (QED) is 0.0299. The summed E-state index contributed by atoms with van der Waals surface area (Å²) < 4.78 is 26.7. The van der Waals surface area contributed by atoms with Crippen LogP contribution in [0.25, 0.3) is 10.8 Å². The van der Waals surface area contributed by atoms with E-state index in [1.807, 2.05) is 13.8 Å². The van der Waals surface area contributed by atoms with Gasteiger partial charge in [0, 0.05) is 6.42 Å². The van der Waals surface area contributed by atoms with Gasteiger partial charge in [0.1, 0.15) is 23.0 Å². The fourth-order valence-corrected chi connectivity index (χ4v) is 4.77. The number of unbranched alkanes of at least 4 members (excludes halogenated alkanes) is 3. The van der Waals surface area contributed by atoms with Crippen LogP contribution >= 0.6 is 0 Å². The molecule has 0 heterocycles. The van der Waals surface area contributed by atoms with E-state index in [4.69, 9.17) is 23.7 Å². The second-order valence-corrected chi connectivity index (χ2v) is 11.1. The third kappa shape index (κ3) is 10.1. The fourth-order valence-electron chi connectivity index (χ4n) is 4.77. The number of hydrogen-bond acceptors (Lipinski definition) is 10. The highest BCUT2D eigenvalue weighted by atomic mass is 16.5. The first-order valence-electron chi connectivity index (χ1n) is 15.5. The summed E-state index contributed by atoms with van der Waals surface area (Å²) in [4.78, 5) is 59.2. The Morgan fingerprint density at radius 1 is 0.688 bits per heavy atom. The van der Waals surface area contributed by atoms with Crippen molar-refractivity contribution in [2.24, 2.45) is 0 Å². The first-order valence-corrected chi connectivity index (χ1v) is 15.5. The molecule has 0 amide bonds. The molecule has 0 aromatic heterocycles. The molecule has 0 bridgehead atoms. The minimum atomic E-state index is -1.00. The zero-order valence-corrected chi connectivity index (χ0v) is 26.8. The largest absolute Gasteiger partial charge is 0.494 e. The molecule has 0 aliphatic heterocycles. The monoisotopic (exact) mass is 652 g/mol. The molecule has 0 radical (unpaired) electrons. The summed E-state index contributed by atoms with van der Waals surface area (Å²) >= 11 is 0. The average molecular weight is 653 g/mol. The Bertz CT molecular complexity index is 1790. The minimum Gasteiger partial charge on any atom is -0.494 e. The summed E-state index contributed by atoms with van der Waals surface area (Å²) in [6.45, 7) is 7.73. The molecule has 4 aromatic rings. The van der Waals surface area contributed by atoms with Crippen molar-refractivity contribution in [3.63, 3.8) is 0 Å². The number of fused-ring (bicyclic) bond motifs is 1. The molecule has 0 unspecified atom stereocenters. The van der Waals surface area contributed by atoms with Crippen molar-refractivity contribution in [3.05, 3.63) is 108 Å². The van der Waals surface area contributed by atoms with Crippen LogP contribution in [-0.4, -0.2) is 36.8 Å². The van der Waals surface area contributed by atoms with E-state index < -0.39 is 17.9 Å². The van der Waals surface area contributed by atoms with Crippen molar-refractivity contribution >= 4 is 40.9 Å². The van der Waals surface area contributed by atoms with E-state index in [9.17, 15) is 24.0 Å². The molecule has 0 saturated heterocycles. The molecule has 48 heavy (non-hydrogen) atoms. The van der Waals surface area contributed by atoms with E-state index in [1.165, 1.54) is 6.07 Å². The Kier molecular flexibility index (Phi) is 12.6. The lowest BCUT2D eigenvalue weighted by Gasteiger charge is -2.15. The van der Waals surface area contributed by atoms with Crippen molar-refractivity contribution in [2.45, 2.75) is 51.9 Å². The van der Waals surface area contributed by atoms with Crippen molar-refractivity contribution < 1.29 is 47.7 Å². The number of aldehydes is 1. The number of esters is 4. The van der Waals surface area contributed by atoms with Crippen LogP contribution < -0.4 is 18.9 Å². The number of carbonyl (C=O) groups is 5. The van der Waals surface area contributed by atoms with E-state index in [0.717, 1.165) is 31.9 Å². The van der Waals surface area contributed by atoms with Gasteiger partial charge in [0.15, 0.2) is 0 Å². The summed E-state index contributed by atoms with van der Waals surface area (Å²) in [6.07, 6.45) is 4.99. The number of carbonyl (C=O) groups excluding carboxylic acids is 5. The topological polar surface area (TPSA) is 132 Å². The van der Waals surface area contributed by atoms with Gasteiger partial charge in [-0.1, -0.05) is 45.4 Å².